The molecule has 1 saturated carbocycles. The highest BCUT2D eigenvalue weighted by atomic mass is 32.2. The van der Waals surface area contributed by atoms with Gasteiger partial charge in [-0.05, 0) is 19.8 Å². The lowest BCUT2D eigenvalue weighted by Crippen LogP contribution is -2.52. The fourth-order valence-corrected chi connectivity index (χ4v) is 4.02. The number of carboxylic acid groups (broad SMARTS) is 1. The number of carbonyl (C=O) groups is 3. The lowest BCUT2D eigenvalue weighted by molar-refractivity contribution is -0.152. The maximum absolute atomic E-state index is 12.5. The minimum atomic E-state index is -1.04. The first-order valence-electron chi connectivity index (χ1n) is 7.31. The summed E-state index contributed by atoms with van der Waals surface area (Å²) in [5.74, 6) is -0.130. The van der Waals surface area contributed by atoms with Crippen LogP contribution < -0.4 is 0 Å². The quantitative estimate of drug-likeness (QED) is 0.838. The molecule has 0 bridgehead atoms. The molecule has 2 amide bonds. The van der Waals surface area contributed by atoms with Gasteiger partial charge in [0, 0.05) is 18.7 Å². The van der Waals surface area contributed by atoms with Crippen LogP contribution in [0, 0.1) is 5.92 Å². The van der Waals surface area contributed by atoms with Gasteiger partial charge in [-0.2, -0.15) is 0 Å². The third-order valence-corrected chi connectivity index (χ3v) is 5.45. The summed E-state index contributed by atoms with van der Waals surface area (Å²) in [5, 5.41) is 9.01. The van der Waals surface area contributed by atoms with E-state index in [1.54, 1.807) is 16.7 Å². The highest BCUT2D eigenvalue weighted by Crippen LogP contribution is 2.31. The van der Waals surface area contributed by atoms with Crippen LogP contribution in [-0.4, -0.2) is 63.5 Å². The number of likely N-dealkylation sites (N-methyl/N-ethyl adjacent to an activating group) is 1. The van der Waals surface area contributed by atoms with E-state index in [0.717, 1.165) is 25.7 Å². The Balaban J connectivity index is 2.05. The van der Waals surface area contributed by atoms with Gasteiger partial charge in [0.2, 0.25) is 11.8 Å². The second kappa shape index (κ2) is 6.68. The third-order valence-electron chi connectivity index (χ3n) is 4.44. The summed E-state index contributed by atoms with van der Waals surface area (Å²) in [4.78, 5) is 38.9. The van der Waals surface area contributed by atoms with Crippen LogP contribution in [-0.2, 0) is 14.4 Å². The van der Waals surface area contributed by atoms with Crippen molar-refractivity contribution in [1.29, 1.82) is 0 Å². The van der Waals surface area contributed by atoms with E-state index in [1.165, 1.54) is 18.9 Å². The molecule has 1 heterocycles. The molecule has 1 saturated heterocycles. The van der Waals surface area contributed by atoms with E-state index in [4.69, 9.17) is 5.11 Å². The van der Waals surface area contributed by atoms with Crippen LogP contribution in [0.2, 0.25) is 0 Å². The predicted octanol–water partition coefficient (Wildman–Crippen LogP) is 1.01. The van der Waals surface area contributed by atoms with Crippen molar-refractivity contribution in [2.24, 2.45) is 5.92 Å². The molecule has 0 aromatic heterocycles. The topological polar surface area (TPSA) is 77.9 Å². The van der Waals surface area contributed by atoms with Crippen molar-refractivity contribution in [1.82, 2.24) is 9.80 Å². The summed E-state index contributed by atoms with van der Waals surface area (Å²) in [5.41, 5.74) is 0. The van der Waals surface area contributed by atoms with Crippen LogP contribution in [0.25, 0.3) is 0 Å². The van der Waals surface area contributed by atoms with E-state index in [9.17, 15) is 14.4 Å². The van der Waals surface area contributed by atoms with Crippen LogP contribution in [0.5, 0.6) is 0 Å². The van der Waals surface area contributed by atoms with Gasteiger partial charge in [-0.15, -0.1) is 11.8 Å². The molecule has 2 rings (SSSR count). The Bertz CT molecular complexity index is 437. The summed E-state index contributed by atoms with van der Waals surface area (Å²) in [6.07, 6.45) is 3.96. The highest BCUT2D eigenvalue weighted by molar-refractivity contribution is 7.99. The molecule has 1 N–H and O–H groups in total. The van der Waals surface area contributed by atoms with Crippen LogP contribution in [0.1, 0.15) is 32.6 Å². The molecule has 0 radical (unpaired) electrons. The fraction of sp³-hybridized carbons (Fsp3) is 0.786. The van der Waals surface area contributed by atoms with Gasteiger partial charge in [0.25, 0.3) is 0 Å². The van der Waals surface area contributed by atoms with Gasteiger partial charge in [-0.3, -0.25) is 9.59 Å². The van der Waals surface area contributed by atoms with Crippen molar-refractivity contribution in [3.8, 4) is 0 Å². The number of nitrogens with zero attached hydrogens (tertiary/aromatic N) is 2. The summed E-state index contributed by atoms with van der Waals surface area (Å²) in [7, 11) is 1.49. The molecule has 2 fully saturated rings. The molecule has 2 unspecified atom stereocenters. The summed E-state index contributed by atoms with van der Waals surface area (Å²) in [6.45, 7) is 1.48. The van der Waals surface area contributed by atoms with Gasteiger partial charge in [0.05, 0.1) is 5.88 Å². The van der Waals surface area contributed by atoms with E-state index < -0.39 is 18.1 Å². The Hall–Kier alpha value is -1.24. The van der Waals surface area contributed by atoms with E-state index >= 15 is 0 Å². The summed E-state index contributed by atoms with van der Waals surface area (Å²) in [6, 6.07) is -1.40. The number of thioether (sulfide) groups is 1. The first-order valence-corrected chi connectivity index (χ1v) is 8.46. The molecule has 1 aliphatic heterocycles. The van der Waals surface area contributed by atoms with Crippen LogP contribution in [0.3, 0.4) is 0 Å². The van der Waals surface area contributed by atoms with Gasteiger partial charge < -0.3 is 14.9 Å². The zero-order valence-corrected chi connectivity index (χ0v) is 13.3. The maximum atomic E-state index is 12.5. The summed E-state index contributed by atoms with van der Waals surface area (Å²) < 4.78 is 0. The molecular weight excluding hydrogens is 292 g/mol. The van der Waals surface area contributed by atoms with Gasteiger partial charge in [0.1, 0.15) is 12.1 Å². The monoisotopic (exact) mass is 314 g/mol. The summed E-state index contributed by atoms with van der Waals surface area (Å²) >= 11 is 1.55. The van der Waals surface area contributed by atoms with Crippen molar-refractivity contribution < 1.29 is 19.5 Å². The number of carboxylic acids is 1. The Morgan fingerprint density at radius 1 is 1.29 bits per heavy atom. The molecule has 2 atom stereocenters. The van der Waals surface area contributed by atoms with Crippen molar-refractivity contribution in [2.75, 3.05) is 18.7 Å². The largest absolute Gasteiger partial charge is 0.480 e. The van der Waals surface area contributed by atoms with E-state index in [2.05, 4.69) is 0 Å². The lowest BCUT2D eigenvalue weighted by atomic mass is 10.1. The van der Waals surface area contributed by atoms with Gasteiger partial charge in [0.15, 0.2) is 0 Å². The zero-order valence-electron chi connectivity index (χ0n) is 12.4. The average molecular weight is 314 g/mol. The molecule has 21 heavy (non-hydrogen) atoms. The Kier molecular flexibility index (Phi) is 5.13. The molecule has 0 aromatic rings. The SMILES string of the molecule is CC(C(=O)O)N(C)C(=O)C1CSCN1C(=O)C1CCCC1. The number of hydrogen-bond acceptors (Lipinski definition) is 4. The van der Waals surface area contributed by atoms with Crippen molar-refractivity contribution in [3.63, 3.8) is 0 Å². The third kappa shape index (κ3) is 3.33. The minimum Gasteiger partial charge on any atom is -0.480 e. The van der Waals surface area contributed by atoms with E-state index in [-0.39, 0.29) is 17.7 Å². The molecule has 2 aliphatic rings. The van der Waals surface area contributed by atoms with Gasteiger partial charge in [-0.1, -0.05) is 12.8 Å². The van der Waals surface area contributed by atoms with Gasteiger partial charge >= 0.3 is 5.97 Å². The molecule has 0 aromatic carbocycles. The first-order chi connectivity index (χ1) is 9.93. The van der Waals surface area contributed by atoms with Gasteiger partial charge in [-0.25, -0.2) is 4.79 Å². The molecule has 6 nitrogen and oxygen atoms in total. The standard InChI is InChI=1S/C14H22N2O4S/c1-9(14(19)20)15(2)13(18)11-7-21-8-16(11)12(17)10-5-3-4-6-10/h9-11H,3-8H2,1-2H3,(H,19,20). The average Bonchev–Trinajstić information content (AvgIpc) is 3.14. The van der Waals surface area contributed by atoms with Crippen LogP contribution in [0.4, 0.5) is 0 Å². The smallest absolute Gasteiger partial charge is 0.326 e. The molecule has 1 aliphatic carbocycles. The zero-order chi connectivity index (χ0) is 15.6. The predicted molar refractivity (Wildman–Crippen MR) is 79.8 cm³/mol. The lowest BCUT2D eigenvalue weighted by Gasteiger charge is -2.30. The van der Waals surface area contributed by atoms with Crippen molar-refractivity contribution in [2.45, 2.75) is 44.7 Å². The second-order valence-electron chi connectivity index (χ2n) is 5.77. The highest BCUT2D eigenvalue weighted by Gasteiger charge is 2.40. The normalized spacial score (nSPS) is 24.1. The Morgan fingerprint density at radius 2 is 1.90 bits per heavy atom. The van der Waals surface area contributed by atoms with Crippen molar-refractivity contribution >= 4 is 29.5 Å². The Labute approximate surface area is 128 Å². The minimum absolute atomic E-state index is 0.0428. The maximum Gasteiger partial charge on any atom is 0.326 e. The first kappa shape index (κ1) is 16.1. The number of rotatable bonds is 4. The molecule has 118 valence electrons. The second-order valence-corrected chi connectivity index (χ2v) is 6.77. The van der Waals surface area contributed by atoms with Crippen molar-refractivity contribution in [3.05, 3.63) is 0 Å². The Morgan fingerprint density at radius 3 is 2.48 bits per heavy atom. The van der Waals surface area contributed by atoms with Crippen LogP contribution in [0.15, 0.2) is 0 Å². The molecule has 0 spiro atoms. The number of amides is 2. The number of carbonyl (C=O) groups excluding carboxylic acids is 2. The van der Waals surface area contributed by atoms with Crippen LogP contribution >= 0.6 is 11.8 Å². The molecule has 7 heteroatoms. The molecular formula is C14H22N2O4S. The number of aliphatic carboxylic acids is 1. The van der Waals surface area contributed by atoms with E-state index in [1.807, 2.05) is 0 Å². The fourth-order valence-electron chi connectivity index (χ4n) is 2.86. The van der Waals surface area contributed by atoms with E-state index in [0.29, 0.717) is 11.6 Å². The number of hydrogen-bond donors (Lipinski definition) is 1.